The number of rotatable bonds is 8. The van der Waals surface area contributed by atoms with Crippen LogP contribution < -0.4 is 9.46 Å². The quantitative estimate of drug-likeness (QED) is 0.661. The standard InChI is InChI=1S/C20H28N4O4S2/c1-4-11-28-18-6-5-17(12-14(18)2)30(26,27)21-13-16-7-9-24(10-8-16)20(25)19-15(3)22-23-29-19/h5-6,12,16,21H,4,7-11,13H2,1-3H3. The number of carbonyl (C=O) groups is 1. The van der Waals surface area contributed by atoms with Gasteiger partial charge < -0.3 is 9.64 Å². The van der Waals surface area contributed by atoms with Crippen LogP contribution in [0.5, 0.6) is 5.75 Å². The predicted molar refractivity (Wildman–Crippen MR) is 115 cm³/mol. The highest BCUT2D eigenvalue weighted by molar-refractivity contribution is 7.89. The van der Waals surface area contributed by atoms with Crippen LogP contribution in [0.25, 0.3) is 0 Å². The molecule has 2 heterocycles. The molecule has 0 aliphatic carbocycles. The van der Waals surface area contributed by atoms with Crippen molar-refractivity contribution < 1.29 is 17.9 Å². The molecule has 0 unspecified atom stereocenters. The van der Waals surface area contributed by atoms with Gasteiger partial charge in [-0.2, -0.15) is 0 Å². The fourth-order valence-electron chi connectivity index (χ4n) is 3.39. The third-order valence-electron chi connectivity index (χ3n) is 5.23. The van der Waals surface area contributed by atoms with Crippen LogP contribution in [0.4, 0.5) is 0 Å². The van der Waals surface area contributed by atoms with Gasteiger partial charge in [-0.25, -0.2) is 13.1 Å². The summed E-state index contributed by atoms with van der Waals surface area (Å²) in [4.78, 5) is 15.2. The number of aryl methyl sites for hydroxylation is 2. The van der Waals surface area contributed by atoms with Crippen molar-refractivity contribution >= 4 is 27.5 Å². The fraction of sp³-hybridized carbons (Fsp3) is 0.550. The maximum absolute atomic E-state index is 12.7. The Kier molecular flexibility index (Phi) is 7.43. The van der Waals surface area contributed by atoms with Crippen LogP contribution >= 0.6 is 11.5 Å². The largest absolute Gasteiger partial charge is 0.493 e. The first-order chi connectivity index (χ1) is 14.3. The van der Waals surface area contributed by atoms with Crippen LogP contribution in [0.2, 0.25) is 0 Å². The topological polar surface area (TPSA) is 101 Å². The molecule has 30 heavy (non-hydrogen) atoms. The Morgan fingerprint density at radius 1 is 1.30 bits per heavy atom. The van der Waals surface area contributed by atoms with Gasteiger partial charge in [0.1, 0.15) is 10.6 Å². The summed E-state index contributed by atoms with van der Waals surface area (Å²) < 4.78 is 37.5. The summed E-state index contributed by atoms with van der Waals surface area (Å²) in [5.74, 6) is 0.861. The lowest BCUT2D eigenvalue weighted by atomic mass is 9.97. The number of amides is 1. The highest BCUT2D eigenvalue weighted by atomic mass is 32.2. The van der Waals surface area contributed by atoms with Gasteiger partial charge in [-0.15, -0.1) is 5.10 Å². The molecule has 0 atom stereocenters. The molecule has 0 radical (unpaired) electrons. The normalized spacial score (nSPS) is 15.4. The van der Waals surface area contributed by atoms with E-state index in [1.54, 1.807) is 30.0 Å². The van der Waals surface area contributed by atoms with Gasteiger partial charge in [-0.3, -0.25) is 4.79 Å². The Balaban J connectivity index is 1.53. The Hall–Kier alpha value is -2.04. The number of carbonyl (C=O) groups excluding carboxylic acids is 1. The van der Waals surface area contributed by atoms with Crippen molar-refractivity contribution in [1.82, 2.24) is 19.2 Å². The second-order valence-electron chi connectivity index (χ2n) is 7.55. The monoisotopic (exact) mass is 452 g/mol. The van der Waals surface area contributed by atoms with Crippen molar-refractivity contribution in [3.63, 3.8) is 0 Å². The number of hydrogen-bond acceptors (Lipinski definition) is 7. The number of sulfonamides is 1. The molecule has 1 fully saturated rings. The van der Waals surface area contributed by atoms with Crippen LogP contribution in [0.3, 0.4) is 0 Å². The first-order valence-corrected chi connectivity index (χ1v) is 12.4. The maximum Gasteiger partial charge on any atom is 0.267 e. The molecule has 1 amide bonds. The lowest BCUT2D eigenvalue weighted by Crippen LogP contribution is -2.41. The second kappa shape index (κ2) is 9.84. The number of nitrogens with zero attached hydrogens (tertiary/aromatic N) is 3. The molecule has 10 heteroatoms. The molecular formula is C20H28N4O4S2. The van der Waals surface area contributed by atoms with Gasteiger partial charge in [0.05, 0.1) is 17.2 Å². The van der Waals surface area contributed by atoms with Crippen LogP contribution in [0, 0.1) is 19.8 Å². The molecule has 8 nitrogen and oxygen atoms in total. The molecule has 1 aromatic heterocycles. The van der Waals surface area contributed by atoms with E-state index in [0.29, 0.717) is 42.6 Å². The first kappa shape index (κ1) is 22.6. The third kappa shape index (κ3) is 5.35. The van der Waals surface area contributed by atoms with Gasteiger partial charge in [0.2, 0.25) is 10.0 Å². The van der Waals surface area contributed by atoms with E-state index in [9.17, 15) is 13.2 Å². The molecule has 1 aromatic carbocycles. The average molecular weight is 453 g/mol. The van der Waals surface area contributed by atoms with E-state index in [0.717, 1.165) is 36.4 Å². The fourth-order valence-corrected chi connectivity index (χ4v) is 5.21. The zero-order valence-electron chi connectivity index (χ0n) is 17.6. The van der Waals surface area contributed by atoms with E-state index in [-0.39, 0.29) is 16.7 Å². The minimum absolute atomic E-state index is 0.0395. The minimum atomic E-state index is -3.59. The summed E-state index contributed by atoms with van der Waals surface area (Å²) in [6.07, 6.45) is 2.40. The Bertz CT molecular complexity index is 982. The molecule has 164 valence electrons. The number of ether oxygens (including phenoxy) is 1. The van der Waals surface area contributed by atoms with Crippen molar-refractivity contribution in [3.8, 4) is 5.75 Å². The zero-order valence-corrected chi connectivity index (χ0v) is 19.2. The number of piperidine rings is 1. The summed E-state index contributed by atoms with van der Waals surface area (Å²) in [6.45, 7) is 7.82. The van der Waals surface area contributed by atoms with E-state index in [4.69, 9.17) is 4.74 Å². The molecule has 0 spiro atoms. The molecule has 0 saturated carbocycles. The molecule has 1 aliphatic heterocycles. The van der Waals surface area contributed by atoms with E-state index < -0.39 is 10.0 Å². The molecule has 2 aromatic rings. The molecular weight excluding hydrogens is 424 g/mol. The summed E-state index contributed by atoms with van der Waals surface area (Å²) in [6, 6.07) is 4.92. The Morgan fingerprint density at radius 3 is 2.63 bits per heavy atom. The van der Waals surface area contributed by atoms with Gasteiger partial charge >= 0.3 is 0 Å². The van der Waals surface area contributed by atoms with Crippen LogP contribution in [0.15, 0.2) is 23.1 Å². The molecule has 3 rings (SSSR count). The van der Waals surface area contributed by atoms with Crippen LogP contribution in [0.1, 0.15) is 47.1 Å². The molecule has 1 aliphatic rings. The predicted octanol–water partition coefficient (Wildman–Crippen LogP) is 2.77. The van der Waals surface area contributed by atoms with E-state index in [2.05, 4.69) is 14.3 Å². The maximum atomic E-state index is 12.7. The van der Waals surface area contributed by atoms with Crippen LogP contribution in [-0.4, -0.2) is 55.1 Å². The number of likely N-dealkylation sites (tertiary alicyclic amines) is 1. The van der Waals surface area contributed by atoms with Gasteiger partial charge in [0, 0.05) is 19.6 Å². The highest BCUT2D eigenvalue weighted by Gasteiger charge is 2.27. The minimum Gasteiger partial charge on any atom is -0.493 e. The van der Waals surface area contributed by atoms with Crippen LogP contribution in [-0.2, 0) is 10.0 Å². The average Bonchev–Trinajstić information content (AvgIpc) is 3.17. The third-order valence-corrected chi connectivity index (χ3v) is 7.47. The Labute approximate surface area is 181 Å². The van der Waals surface area contributed by atoms with Crippen molar-refractivity contribution in [2.45, 2.75) is 44.9 Å². The summed E-state index contributed by atoms with van der Waals surface area (Å²) in [7, 11) is -3.59. The van der Waals surface area contributed by atoms with Gasteiger partial charge in [-0.05, 0) is 74.3 Å². The summed E-state index contributed by atoms with van der Waals surface area (Å²) >= 11 is 1.12. The summed E-state index contributed by atoms with van der Waals surface area (Å²) in [5.41, 5.74) is 1.45. The van der Waals surface area contributed by atoms with Gasteiger partial charge in [-0.1, -0.05) is 11.4 Å². The SMILES string of the molecule is CCCOc1ccc(S(=O)(=O)NCC2CCN(C(=O)c3snnc3C)CC2)cc1C. The Morgan fingerprint density at radius 2 is 2.03 bits per heavy atom. The smallest absolute Gasteiger partial charge is 0.267 e. The second-order valence-corrected chi connectivity index (χ2v) is 10.1. The number of benzene rings is 1. The van der Waals surface area contributed by atoms with E-state index >= 15 is 0 Å². The summed E-state index contributed by atoms with van der Waals surface area (Å²) in [5, 5.41) is 3.90. The highest BCUT2D eigenvalue weighted by Crippen LogP contribution is 2.24. The first-order valence-electron chi connectivity index (χ1n) is 10.1. The number of hydrogen-bond donors (Lipinski definition) is 1. The van der Waals surface area contributed by atoms with Crippen molar-refractivity contribution in [3.05, 3.63) is 34.3 Å². The molecule has 0 bridgehead atoms. The molecule has 1 saturated heterocycles. The lowest BCUT2D eigenvalue weighted by molar-refractivity contribution is 0.0696. The van der Waals surface area contributed by atoms with E-state index in [1.165, 1.54) is 0 Å². The van der Waals surface area contributed by atoms with Crippen molar-refractivity contribution in [2.24, 2.45) is 5.92 Å². The number of aromatic nitrogens is 2. The number of nitrogens with one attached hydrogen (secondary N) is 1. The molecule has 1 N–H and O–H groups in total. The van der Waals surface area contributed by atoms with Gasteiger partial charge in [0.25, 0.3) is 5.91 Å². The van der Waals surface area contributed by atoms with Gasteiger partial charge in [0.15, 0.2) is 0 Å². The van der Waals surface area contributed by atoms with Crippen molar-refractivity contribution in [2.75, 3.05) is 26.2 Å². The zero-order chi connectivity index (χ0) is 21.7. The van der Waals surface area contributed by atoms with Crippen molar-refractivity contribution in [1.29, 1.82) is 0 Å². The lowest BCUT2D eigenvalue weighted by Gasteiger charge is -2.31. The van der Waals surface area contributed by atoms with E-state index in [1.807, 2.05) is 13.8 Å².